The van der Waals surface area contributed by atoms with Crippen molar-refractivity contribution in [3.05, 3.63) is 29.8 Å². The van der Waals surface area contributed by atoms with Crippen LogP contribution in [0, 0.1) is 17.8 Å². The summed E-state index contributed by atoms with van der Waals surface area (Å²) in [5, 5.41) is 3.15. The Labute approximate surface area is 192 Å². The molecule has 0 aromatic heterocycles. The van der Waals surface area contributed by atoms with Crippen molar-refractivity contribution in [1.82, 2.24) is 14.5 Å². The molecule has 3 rings (SSSR count). The van der Waals surface area contributed by atoms with E-state index in [1.165, 1.54) is 29.8 Å². The molecular formula is C24H37N3O4S. The van der Waals surface area contributed by atoms with E-state index in [1.807, 2.05) is 6.92 Å². The van der Waals surface area contributed by atoms with E-state index in [0.717, 1.165) is 19.6 Å². The molecule has 1 amide bonds. The van der Waals surface area contributed by atoms with Gasteiger partial charge >= 0.3 is 0 Å². The topological polar surface area (TPSA) is 86.8 Å². The molecular weight excluding hydrogens is 426 g/mol. The van der Waals surface area contributed by atoms with Crippen LogP contribution >= 0.6 is 0 Å². The lowest BCUT2D eigenvalue weighted by atomic mass is 9.91. The molecule has 0 saturated carbocycles. The molecule has 2 heterocycles. The third-order valence-electron chi connectivity index (χ3n) is 6.59. The lowest BCUT2D eigenvalue weighted by molar-refractivity contribution is -0.126. The minimum absolute atomic E-state index is 0.0264. The number of hydrogen-bond donors (Lipinski definition) is 1. The fraction of sp³-hybridized carbons (Fsp3) is 0.667. The monoisotopic (exact) mass is 463 g/mol. The van der Waals surface area contributed by atoms with Gasteiger partial charge in [0.05, 0.1) is 4.90 Å². The molecule has 1 aromatic carbocycles. The second-order valence-corrected chi connectivity index (χ2v) is 11.8. The lowest BCUT2D eigenvalue weighted by Gasteiger charge is -2.37. The summed E-state index contributed by atoms with van der Waals surface area (Å²) < 4.78 is 27.3. The fourth-order valence-corrected chi connectivity index (χ4v) is 6.57. The molecule has 32 heavy (non-hydrogen) atoms. The second-order valence-electron chi connectivity index (χ2n) is 9.83. The van der Waals surface area contributed by atoms with E-state index in [4.69, 9.17) is 0 Å². The van der Waals surface area contributed by atoms with Crippen LogP contribution in [-0.2, 0) is 14.8 Å². The van der Waals surface area contributed by atoms with Gasteiger partial charge < -0.3 is 10.2 Å². The van der Waals surface area contributed by atoms with Gasteiger partial charge in [0, 0.05) is 50.2 Å². The number of amides is 1. The molecule has 0 spiro atoms. The highest BCUT2D eigenvalue weighted by atomic mass is 32.2. The third-order valence-corrected chi connectivity index (χ3v) is 8.50. The summed E-state index contributed by atoms with van der Waals surface area (Å²) in [7, 11) is -3.62. The van der Waals surface area contributed by atoms with Crippen molar-refractivity contribution in [1.29, 1.82) is 0 Å². The zero-order valence-electron chi connectivity index (χ0n) is 19.7. The number of Topliss-reactive ketones (excluding diaryl/α,β-unsaturated/α-hetero) is 1. The summed E-state index contributed by atoms with van der Waals surface area (Å²) in [5.41, 5.74) is 0.488. The second kappa shape index (κ2) is 10.4. The predicted octanol–water partition coefficient (Wildman–Crippen LogP) is 2.77. The summed E-state index contributed by atoms with van der Waals surface area (Å²) >= 11 is 0. The number of ketones is 1. The van der Waals surface area contributed by atoms with Crippen LogP contribution in [0.1, 0.15) is 57.3 Å². The first-order valence-electron chi connectivity index (χ1n) is 11.7. The van der Waals surface area contributed by atoms with E-state index in [2.05, 4.69) is 24.1 Å². The van der Waals surface area contributed by atoms with Crippen LogP contribution in [0.5, 0.6) is 0 Å². The number of hydrogen-bond acceptors (Lipinski definition) is 5. The van der Waals surface area contributed by atoms with Crippen molar-refractivity contribution in [2.45, 2.75) is 57.9 Å². The van der Waals surface area contributed by atoms with Gasteiger partial charge in [0.25, 0.3) is 0 Å². The average Bonchev–Trinajstić information content (AvgIpc) is 2.73. The zero-order valence-corrected chi connectivity index (χ0v) is 20.5. The minimum atomic E-state index is -3.62. The lowest BCUT2D eigenvalue weighted by Crippen LogP contribution is -2.49. The van der Waals surface area contributed by atoms with Gasteiger partial charge in [0.15, 0.2) is 5.78 Å². The van der Waals surface area contributed by atoms with Crippen LogP contribution in [0.25, 0.3) is 0 Å². The Balaban J connectivity index is 1.50. The molecule has 0 radical (unpaired) electrons. The SMILES string of the molecule is CC(=O)c1ccc(S(=O)(=O)N2CCC(C(=O)NC(C)CN3CC(C)CC(C)C3)CC2)cc1. The molecule has 3 unspecified atom stereocenters. The number of nitrogens with one attached hydrogen (secondary N) is 1. The highest BCUT2D eigenvalue weighted by molar-refractivity contribution is 7.89. The van der Waals surface area contributed by atoms with Gasteiger partial charge in [-0.3, -0.25) is 9.59 Å². The average molecular weight is 464 g/mol. The zero-order chi connectivity index (χ0) is 23.5. The van der Waals surface area contributed by atoms with Crippen LogP contribution in [0.4, 0.5) is 0 Å². The van der Waals surface area contributed by atoms with Crippen LogP contribution in [0.3, 0.4) is 0 Å². The third kappa shape index (κ3) is 6.17. The first kappa shape index (κ1) is 24.9. The number of likely N-dealkylation sites (tertiary alicyclic amines) is 1. The maximum Gasteiger partial charge on any atom is 0.243 e. The van der Waals surface area contributed by atoms with E-state index in [-0.39, 0.29) is 28.5 Å². The standard InChI is InChI=1S/C24H37N3O4S/c1-17-13-18(2)15-26(14-17)16-19(3)25-24(29)22-9-11-27(12-10-22)32(30,31)23-7-5-21(6-8-23)20(4)28/h5-8,17-19,22H,9-16H2,1-4H3,(H,25,29). The smallest absolute Gasteiger partial charge is 0.243 e. The van der Waals surface area contributed by atoms with Crippen LogP contribution < -0.4 is 5.32 Å². The minimum Gasteiger partial charge on any atom is -0.352 e. The molecule has 2 aliphatic rings. The van der Waals surface area contributed by atoms with Gasteiger partial charge in [0.2, 0.25) is 15.9 Å². The van der Waals surface area contributed by atoms with Crippen LogP contribution in [0.2, 0.25) is 0 Å². The first-order chi connectivity index (χ1) is 15.1. The van der Waals surface area contributed by atoms with Gasteiger partial charge in [0.1, 0.15) is 0 Å². The van der Waals surface area contributed by atoms with Crippen LogP contribution in [0.15, 0.2) is 29.2 Å². The molecule has 7 nitrogen and oxygen atoms in total. The number of carbonyl (C=O) groups excluding carboxylic acids is 2. The number of piperidine rings is 2. The number of rotatable bonds is 7. The fourth-order valence-electron chi connectivity index (χ4n) is 5.10. The van der Waals surface area contributed by atoms with Crippen molar-refractivity contribution < 1.29 is 18.0 Å². The Kier molecular flexibility index (Phi) is 8.11. The van der Waals surface area contributed by atoms with E-state index >= 15 is 0 Å². The summed E-state index contributed by atoms with van der Waals surface area (Å²) in [6, 6.07) is 6.12. The molecule has 1 N–H and O–H groups in total. The number of nitrogens with zero attached hydrogens (tertiary/aromatic N) is 2. The van der Waals surface area contributed by atoms with Gasteiger partial charge in [-0.05, 0) is 57.1 Å². The van der Waals surface area contributed by atoms with Crippen molar-refractivity contribution in [3.8, 4) is 0 Å². The number of carbonyl (C=O) groups is 2. The number of sulfonamides is 1. The Bertz CT molecular complexity index is 898. The Morgan fingerprint density at radius 1 is 1.06 bits per heavy atom. The molecule has 8 heteroatoms. The van der Waals surface area contributed by atoms with Gasteiger partial charge in [-0.2, -0.15) is 4.31 Å². The van der Waals surface area contributed by atoms with E-state index in [1.54, 1.807) is 12.1 Å². The summed E-state index contributed by atoms with van der Waals surface area (Å²) in [6.45, 7) is 11.7. The molecule has 2 aliphatic heterocycles. The Hall–Kier alpha value is -1.77. The normalized spacial score (nSPS) is 24.8. The molecule has 0 bridgehead atoms. The molecule has 2 fully saturated rings. The molecule has 1 aromatic rings. The Morgan fingerprint density at radius 3 is 2.16 bits per heavy atom. The number of benzene rings is 1. The van der Waals surface area contributed by atoms with E-state index in [9.17, 15) is 18.0 Å². The molecule has 2 saturated heterocycles. The maximum atomic E-state index is 12.9. The van der Waals surface area contributed by atoms with Crippen LogP contribution in [-0.4, -0.2) is 68.1 Å². The summed E-state index contributed by atoms with van der Waals surface area (Å²) in [4.78, 5) is 26.8. The van der Waals surface area contributed by atoms with Crippen molar-refractivity contribution in [2.24, 2.45) is 17.8 Å². The van der Waals surface area contributed by atoms with Crippen molar-refractivity contribution in [3.63, 3.8) is 0 Å². The van der Waals surface area contributed by atoms with Gasteiger partial charge in [-0.25, -0.2) is 8.42 Å². The quantitative estimate of drug-likeness (QED) is 0.629. The maximum absolute atomic E-state index is 12.9. The summed E-state index contributed by atoms with van der Waals surface area (Å²) in [6.07, 6.45) is 2.29. The predicted molar refractivity (Wildman–Crippen MR) is 125 cm³/mol. The van der Waals surface area contributed by atoms with Crippen molar-refractivity contribution >= 4 is 21.7 Å². The molecule has 3 atom stereocenters. The Morgan fingerprint density at radius 2 is 1.62 bits per heavy atom. The van der Waals surface area contributed by atoms with Gasteiger partial charge in [-0.15, -0.1) is 0 Å². The van der Waals surface area contributed by atoms with E-state index < -0.39 is 10.0 Å². The molecule has 0 aliphatic carbocycles. The highest BCUT2D eigenvalue weighted by Gasteiger charge is 2.33. The first-order valence-corrected chi connectivity index (χ1v) is 13.1. The summed E-state index contributed by atoms with van der Waals surface area (Å²) in [5.74, 6) is 1.14. The highest BCUT2D eigenvalue weighted by Crippen LogP contribution is 2.25. The molecule has 178 valence electrons. The van der Waals surface area contributed by atoms with Crippen molar-refractivity contribution in [2.75, 3.05) is 32.7 Å². The van der Waals surface area contributed by atoms with E-state index in [0.29, 0.717) is 43.3 Å². The van der Waals surface area contributed by atoms with Gasteiger partial charge in [-0.1, -0.05) is 26.0 Å². The largest absolute Gasteiger partial charge is 0.352 e.